The molecular formula is C13H10BrClN4. The van der Waals surface area contributed by atoms with Crippen LogP contribution in [-0.2, 0) is 0 Å². The van der Waals surface area contributed by atoms with Crippen LogP contribution >= 0.6 is 27.5 Å². The first-order chi connectivity index (χ1) is 9.09. The van der Waals surface area contributed by atoms with E-state index in [0.717, 1.165) is 27.2 Å². The summed E-state index contributed by atoms with van der Waals surface area (Å²) >= 11 is 9.66. The summed E-state index contributed by atoms with van der Waals surface area (Å²) in [6, 6.07) is 7.89. The van der Waals surface area contributed by atoms with E-state index < -0.39 is 0 Å². The Morgan fingerprint density at radius 3 is 2.63 bits per heavy atom. The van der Waals surface area contributed by atoms with Gasteiger partial charge in [0.2, 0.25) is 0 Å². The number of aromatic nitrogens is 4. The van der Waals surface area contributed by atoms with Gasteiger partial charge in [-0.1, -0.05) is 45.7 Å². The van der Waals surface area contributed by atoms with E-state index in [0.29, 0.717) is 10.8 Å². The van der Waals surface area contributed by atoms with Gasteiger partial charge in [0.25, 0.3) is 0 Å². The SMILES string of the molecule is Cc1nc(Cl)c2nnc(-c3ccccc3Br)n2c1C. The molecule has 96 valence electrons. The molecular weight excluding hydrogens is 328 g/mol. The van der Waals surface area contributed by atoms with Crippen LogP contribution in [0.2, 0.25) is 5.15 Å². The highest BCUT2D eigenvalue weighted by atomic mass is 79.9. The number of rotatable bonds is 1. The fourth-order valence-electron chi connectivity index (χ4n) is 1.99. The molecule has 0 N–H and O–H groups in total. The van der Waals surface area contributed by atoms with E-state index in [9.17, 15) is 0 Å². The Bertz CT molecular complexity index is 782. The molecule has 6 heteroatoms. The fourth-order valence-corrected chi connectivity index (χ4v) is 2.70. The van der Waals surface area contributed by atoms with Crippen LogP contribution in [0, 0.1) is 13.8 Å². The number of hydrogen-bond acceptors (Lipinski definition) is 3. The highest BCUT2D eigenvalue weighted by molar-refractivity contribution is 9.10. The number of benzene rings is 1. The molecule has 0 fully saturated rings. The lowest BCUT2D eigenvalue weighted by Crippen LogP contribution is -2.01. The molecule has 3 rings (SSSR count). The molecule has 0 aliphatic carbocycles. The summed E-state index contributed by atoms with van der Waals surface area (Å²) in [5.41, 5.74) is 3.40. The van der Waals surface area contributed by atoms with Crippen LogP contribution in [0.15, 0.2) is 28.7 Å². The summed E-state index contributed by atoms with van der Waals surface area (Å²) in [5, 5.41) is 8.75. The van der Waals surface area contributed by atoms with Crippen molar-refractivity contribution in [1.82, 2.24) is 19.6 Å². The minimum absolute atomic E-state index is 0.369. The lowest BCUT2D eigenvalue weighted by molar-refractivity contribution is 0.999. The third-order valence-electron chi connectivity index (χ3n) is 3.09. The Hall–Kier alpha value is -1.46. The molecule has 0 amide bonds. The van der Waals surface area contributed by atoms with Gasteiger partial charge in [-0.3, -0.25) is 4.40 Å². The van der Waals surface area contributed by atoms with Crippen LogP contribution in [0.25, 0.3) is 17.0 Å². The molecule has 0 bridgehead atoms. The highest BCUT2D eigenvalue weighted by Gasteiger charge is 2.16. The quantitative estimate of drug-likeness (QED) is 0.678. The molecule has 2 aromatic heterocycles. The molecule has 0 radical (unpaired) electrons. The Labute approximate surface area is 123 Å². The standard InChI is InChI=1S/C13H10BrClN4/c1-7-8(2)19-12(9-5-3-4-6-10(9)14)17-18-13(19)11(15)16-7/h3-6H,1-2H3. The number of aryl methyl sites for hydroxylation is 2. The monoisotopic (exact) mass is 336 g/mol. The molecule has 0 saturated heterocycles. The lowest BCUT2D eigenvalue weighted by atomic mass is 10.2. The highest BCUT2D eigenvalue weighted by Crippen LogP contribution is 2.29. The summed E-state index contributed by atoms with van der Waals surface area (Å²) in [6.45, 7) is 3.90. The van der Waals surface area contributed by atoms with Gasteiger partial charge >= 0.3 is 0 Å². The Morgan fingerprint density at radius 2 is 1.89 bits per heavy atom. The van der Waals surface area contributed by atoms with Crippen molar-refractivity contribution in [1.29, 1.82) is 0 Å². The van der Waals surface area contributed by atoms with Crippen molar-refractivity contribution in [2.24, 2.45) is 0 Å². The number of hydrogen-bond donors (Lipinski definition) is 0. The van der Waals surface area contributed by atoms with Crippen LogP contribution in [0.3, 0.4) is 0 Å². The second-order valence-corrected chi connectivity index (χ2v) is 5.45. The topological polar surface area (TPSA) is 43.1 Å². The molecule has 2 heterocycles. The average Bonchev–Trinajstić information content (AvgIpc) is 2.82. The van der Waals surface area contributed by atoms with Gasteiger partial charge in [-0.05, 0) is 19.9 Å². The minimum Gasteiger partial charge on any atom is -0.275 e. The van der Waals surface area contributed by atoms with Gasteiger partial charge in [0, 0.05) is 15.7 Å². The van der Waals surface area contributed by atoms with Crippen LogP contribution in [-0.4, -0.2) is 19.6 Å². The van der Waals surface area contributed by atoms with Crippen molar-refractivity contribution in [2.75, 3.05) is 0 Å². The summed E-state index contributed by atoms with van der Waals surface area (Å²) in [6.07, 6.45) is 0. The zero-order valence-electron chi connectivity index (χ0n) is 10.4. The third-order valence-corrected chi connectivity index (χ3v) is 4.03. The molecule has 0 unspecified atom stereocenters. The van der Waals surface area contributed by atoms with E-state index in [1.165, 1.54) is 0 Å². The van der Waals surface area contributed by atoms with E-state index in [1.807, 2.05) is 42.5 Å². The summed E-state index contributed by atoms with van der Waals surface area (Å²) < 4.78 is 2.90. The van der Waals surface area contributed by atoms with Gasteiger partial charge in [0.05, 0.1) is 5.69 Å². The van der Waals surface area contributed by atoms with Crippen molar-refractivity contribution in [3.8, 4) is 11.4 Å². The molecule has 0 aliphatic heterocycles. The van der Waals surface area contributed by atoms with E-state index in [1.54, 1.807) is 0 Å². The smallest absolute Gasteiger partial charge is 0.199 e. The molecule has 0 aliphatic rings. The largest absolute Gasteiger partial charge is 0.275 e. The number of halogens is 2. The third kappa shape index (κ3) is 1.93. The summed E-state index contributed by atoms with van der Waals surface area (Å²) in [5.74, 6) is 0.757. The van der Waals surface area contributed by atoms with Gasteiger partial charge in [-0.25, -0.2) is 4.98 Å². The van der Waals surface area contributed by atoms with Crippen LogP contribution in [0.1, 0.15) is 11.4 Å². The van der Waals surface area contributed by atoms with E-state index >= 15 is 0 Å². The predicted octanol–water partition coefficient (Wildman–Crippen LogP) is 3.82. The van der Waals surface area contributed by atoms with Crippen LogP contribution < -0.4 is 0 Å². The van der Waals surface area contributed by atoms with Crippen molar-refractivity contribution in [3.63, 3.8) is 0 Å². The molecule has 0 saturated carbocycles. The fraction of sp³-hybridized carbons (Fsp3) is 0.154. The summed E-state index contributed by atoms with van der Waals surface area (Å²) in [4.78, 5) is 4.26. The van der Waals surface area contributed by atoms with Gasteiger partial charge in [-0.2, -0.15) is 0 Å². The zero-order valence-corrected chi connectivity index (χ0v) is 12.7. The minimum atomic E-state index is 0.369. The molecule has 3 aromatic rings. The van der Waals surface area contributed by atoms with E-state index in [2.05, 4.69) is 31.1 Å². The second-order valence-electron chi connectivity index (χ2n) is 4.24. The van der Waals surface area contributed by atoms with Crippen molar-refractivity contribution < 1.29 is 0 Å². The molecule has 1 aromatic carbocycles. The maximum absolute atomic E-state index is 6.13. The first kappa shape index (κ1) is 12.6. The van der Waals surface area contributed by atoms with E-state index in [4.69, 9.17) is 11.6 Å². The molecule has 4 nitrogen and oxygen atoms in total. The molecule has 0 atom stereocenters. The first-order valence-electron chi connectivity index (χ1n) is 5.72. The maximum Gasteiger partial charge on any atom is 0.199 e. The first-order valence-corrected chi connectivity index (χ1v) is 6.89. The van der Waals surface area contributed by atoms with Crippen LogP contribution in [0.4, 0.5) is 0 Å². The van der Waals surface area contributed by atoms with Crippen molar-refractivity contribution >= 4 is 33.2 Å². The Kier molecular flexibility index (Phi) is 3.03. The lowest BCUT2D eigenvalue weighted by Gasteiger charge is -2.08. The van der Waals surface area contributed by atoms with Crippen LogP contribution in [0.5, 0.6) is 0 Å². The van der Waals surface area contributed by atoms with Gasteiger partial charge in [-0.15, -0.1) is 10.2 Å². The zero-order chi connectivity index (χ0) is 13.6. The molecule has 19 heavy (non-hydrogen) atoms. The maximum atomic E-state index is 6.13. The molecule has 0 spiro atoms. The Balaban J connectivity index is 2.41. The average molecular weight is 338 g/mol. The predicted molar refractivity (Wildman–Crippen MR) is 78.4 cm³/mol. The van der Waals surface area contributed by atoms with Gasteiger partial charge in [0.15, 0.2) is 16.6 Å². The van der Waals surface area contributed by atoms with Gasteiger partial charge in [0.1, 0.15) is 0 Å². The second kappa shape index (κ2) is 4.58. The normalized spacial score (nSPS) is 11.2. The summed E-state index contributed by atoms with van der Waals surface area (Å²) in [7, 11) is 0. The van der Waals surface area contributed by atoms with Crippen molar-refractivity contribution in [2.45, 2.75) is 13.8 Å². The van der Waals surface area contributed by atoms with Gasteiger partial charge < -0.3 is 0 Å². The number of fused-ring (bicyclic) bond motifs is 1. The Morgan fingerprint density at radius 1 is 1.16 bits per heavy atom. The van der Waals surface area contributed by atoms with E-state index in [-0.39, 0.29) is 0 Å². The number of nitrogens with zero attached hydrogens (tertiary/aromatic N) is 4. The van der Waals surface area contributed by atoms with Crippen molar-refractivity contribution in [3.05, 3.63) is 45.3 Å².